The summed E-state index contributed by atoms with van der Waals surface area (Å²) in [4.78, 5) is 21.3. The van der Waals surface area contributed by atoms with Crippen LogP contribution in [-0.2, 0) is 6.18 Å². The van der Waals surface area contributed by atoms with Gasteiger partial charge in [-0.1, -0.05) is 11.6 Å². The van der Waals surface area contributed by atoms with Crippen LogP contribution in [0, 0.1) is 5.92 Å². The van der Waals surface area contributed by atoms with Crippen LogP contribution in [-0.4, -0.2) is 46.5 Å². The molecule has 3 aliphatic rings. The third-order valence-corrected chi connectivity index (χ3v) is 4.51. The Balaban J connectivity index is 1.71. The molecule has 3 aliphatic heterocycles. The van der Waals surface area contributed by atoms with Gasteiger partial charge in [0.05, 0.1) is 0 Å². The van der Waals surface area contributed by atoms with E-state index in [4.69, 9.17) is 11.6 Å². The molecule has 1 aromatic rings. The minimum absolute atomic E-state index is 0.0142. The van der Waals surface area contributed by atoms with E-state index in [1.54, 1.807) is 0 Å². The second-order valence-corrected chi connectivity index (χ2v) is 5.97. The topological polar surface area (TPSA) is 58.1 Å². The molecule has 1 atom stereocenters. The molecule has 0 aliphatic carbocycles. The number of nitrogens with one attached hydrogen (secondary N) is 1. The third kappa shape index (κ3) is 3.03. The maximum absolute atomic E-state index is 12.6. The van der Waals surface area contributed by atoms with Crippen LogP contribution >= 0.6 is 11.6 Å². The first-order chi connectivity index (χ1) is 10.3. The van der Waals surface area contributed by atoms with Gasteiger partial charge in [-0.25, -0.2) is 9.97 Å². The number of halogens is 4. The van der Waals surface area contributed by atoms with Crippen molar-refractivity contribution in [2.75, 3.05) is 19.6 Å². The quantitative estimate of drug-likeness (QED) is 0.840. The molecule has 2 bridgehead atoms. The van der Waals surface area contributed by atoms with Crippen molar-refractivity contribution in [3.8, 4) is 0 Å². The van der Waals surface area contributed by atoms with E-state index in [0.717, 1.165) is 32.5 Å². The second kappa shape index (κ2) is 5.66. The highest BCUT2D eigenvalue weighted by atomic mass is 35.5. The fraction of sp³-hybridized carbons (Fsp3) is 0.615. The predicted molar refractivity (Wildman–Crippen MR) is 72.5 cm³/mol. The van der Waals surface area contributed by atoms with Gasteiger partial charge in [0.25, 0.3) is 5.91 Å². The van der Waals surface area contributed by atoms with Crippen molar-refractivity contribution < 1.29 is 18.0 Å². The van der Waals surface area contributed by atoms with Crippen LogP contribution in [0.4, 0.5) is 13.2 Å². The number of carbonyl (C=O) groups excluding carboxylic acids is 1. The van der Waals surface area contributed by atoms with E-state index in [0.29, 0.717) is 12.1 Å². The van der Waals surface area contributed by atoms with E-state index >= 15 is 0 Å². The first-order valence-corrected chi connectivity index (χ1v) is 7.35. The number of nitrogens with zero attached hydrogens (tertiary/aromatic N) is 3. The van der Waals surface area contributed by atoms with Crippen molar-refractivity contribution in [2.45, 2.75) is 25.1 Å². The van der Waals surface area contributed by atoms with Gasteiger partial charge in [0.1, 0.15) is 10.7 Å². The van der Waals surface area contributed by atoms with Crippen LogP contribution < -0.4 is 5.32 Å². The van der Waals surface area contributed by atoms with Crippen molar-refractivity contribution in [3.63, 3.8) is 0 Å². The van der Waals surface area contributed by atoms with Gasteiger partial charge in [0.2, 0.25) is 5.82 Å². The summed E-state index contributed by atoms with van der Waals surface area (Å²) in [5.74, 6) is -0.525. The Hall–Kier alpha value is -1.41. The van der Waals surface area contributed by atoms with Gasteiger partial charge < -0.3 is 10.2 Å². The van der Waals surface area contributed by atoms with Crippen LogP contribution in [0.15, 0.2) is 6.20 Å². The van der Waals surface area contributed by atoms with E-state index in [2.05, 4.69) is 20.2 Å². The zero-order valence-electron chi connectivity index (χ0n) is 11.5. The fourth-order valence-corrected chi connectivity index (χ4v) is 3.26. The molecule has 0 aromatic carbocycles. The zero-order valence-corrected chi connectivity index (χ0v) is 12.3. The lowest BCUT2D eigenvalue weighted by Gasteiger charge is -2.44. The summed E-state index contributed by atoms with van der Waals surface area (Å²) in [6.45, 7) is 2.81. The molecule has 1 aromatic heterocycles. The Labute approximate surface area is 129 Å². The molecular formula is C13H14ClF3N4O. The van der Waals surface area contributed by atoms with Crippen molar-refractivity contribution >= 4 is 17.5 Å². The van der Waals surface area contributed by atoms with Gasteiger partial charge in [-0.2, -0.15) is 13.2 Å². The molecule has 0 unspecified atom stereocenters. The van der Waals surface area contributed by atoms with Crippen LogP contribution in [0.5, 0.6) is 0 Å². The average molecular weight is 335 g/mol. The number of fused-ring (bicyclic) bond motifs is 3. The Morgan fingerprint density at radius 1 is 1.36 bits per heavy atom. The molecule has 0 spiro atoms. The maximum atomic E-state index is 12.6. The third-order valence-electron chi connectivity index (χ3n) is 4.22. The number of carbonyl (C=O) groups is 1. The first-order valence-electron chi connectivity index (χ1n) is 6.97. The monoisotopic (exact) mass is 334 g/mol. The van der Waals surface area contributed by atoms with Gasteiger partial charge >= 0.3 is 6.18 Å². The Bertz CT molecular complexity index is 587. The van der Waals surface area contributed by atoms with Crippen molar-refractivity contribution in [1.82, 2.24) is 20.2 Å². The lowest BCUT2D eigenvalue weighted by molar-refractivity contribution is -0.138. The van der Waals surface area contributed by atoms with Crippen molar-refractivity contribution in [3.05, 3.63) is 22.7 Å². The minimum atomic E-state index is -4.64. The Morgan fingerprint density at radius 2 is 2.05 bits per heavy atom. The van der Waals surface area contributed by atoms with Gasteiger partial charge in [-0.3, -0.25) is 4.79 Å². The maximum Gasteiger partial charge on any atom is 0.420 e. The molecule has 22 heavy (non-hydrogen) atoms. The van der Waals surface area contributed by atoms with Crippen molar-refractivity contribution in [1.29, 1.82) is 0 Å². The number of piperidine rings is 3. The normalized spacial score (nSPS) is 27.7. The molecule has 1 N–H and O–H groups in total. The first kappa shape index (κ1) is 15.5. The number of aromatic nitrogens is 2. The van der Waals surface area contributed by atoms with Gasteiger partial charge in [0.15, 0.2) is 0 Å². The number of hydrogen-bond donors (Lipinski definition) is 1. The fourth-order valence-electron chi connectivity index (χ4n) is 3.02. The van der Waals surface area contributed by atoms with E-state index in [1.165, 1.54) is 0 Å². The predicted octanol–water partition coefficient (Wildman–Crippen LogP) is 1.97. The highest BCUT2D eigenvalue weighted by Crippen LogP contribution is 2.33. The largest absolute Gasteiger partial charge is 0.420 e. The van der Waals surface area contributed by atoms with Crippen LogP contribution in [0.2, 0.25) is 5.15 Å². The molecule has 0 saturated carbocycles. The molecule has 5 nitrogen and oxygen atoms in total. The summed E-state index contributed by atoms with van der Waals surface area (Å²) in [5, 5.41) is 2.04. The standard InChI is InChI=1S/C13H14ClF3N4O/c14-10-8(13(15,16)17)5-18-11(20-10)12(22)19-9-6-21-3-1-7(9)2-4-21/h5,7,9H,1-4,6H2,(H,19,22)/t9-/m0/s1. The molecule has 4 rings (SSSR count). The van der Waals surface area contributed by atoms with Crippen LogP contribution in [0.25, 0.3) is 0 Å². The second-order valence-electron chi connectivity index (χ2n) is 5.61. The van der Waals surface area contributed by atoms with E-state index in [1.807, 2.05) is 0 Å². The van der Waals surface area contributed by atoms with Gasteiger partial charge in [0, 0.05) is 18.8 Å². The number of amides is 1. The van der Waals surface area contributed by atoms with E-state index in [9.17, 15) is 18.0 Å². The molecular weight excluding hydrogens is 321 g/mol. The molecule has 0 radical (unpaired) electrons. The Kier molecular flexibility index (Phi) is 3.98. The summed E-state index contributed by atoms with van der Waals surface area (Å²) in [7, 11) is 0. The highest BCUT2D eigenvalue weighted by Gasteiger charge is 2.37. The number of hydrogen-bond acceptors (Lipinski definition) is 4. The molecule has 120 valence electrons. The molecule has 1 amide bonds. The lowest BCUT2D eigenvalue weighted by atomic mass is 9.84. The number of rotatable bonds is 2. The SMILES string of the molecule is O=C(N[C@H]1CN2CCC1CC2)c1ncc(C(F)(F)F)c(Cl)n1. The summed E-state index contributed by atoms with van der Waals surface area (Å²) < 4.78 is 37.8. The Morgan fingerprint density at radius 3 is 2.55 bits per heavy atom. The summed E-state index contributed by atoms with van der Waals surface area (Å²) in [6, 6.07) is -0.0142. The summed E-state index contributed by atoms with van der Waals surface area (Å²) >= 11 is 5.50. The van der Waals surface area contributed by atoms with Gasteiger partial charge in [-0.05, 0) is 31.8 Å². The highest BCUT2D eigenvalue weighted by molar-refractivity contribution is 6.30. The minimum Gasteiger partial charge on any atom is -0.345 e. The summed E-state index contributed by atoms with van der Waals surface area (Å²) in [5.41, 5.74) is -1.14. The summed E-state index contributed by atoms with van der Waals surface area (Å²) in [6.07, 6.45) is -2.07. The van der Waals surface area contributed by atoms with E-state index in [-0.39, 0.29) is 11.9 Å². The van der Waals surface area contributed by atoms with E-state index < -0.39 is 22.8 Å². The van der Waals surface area contributed by atoms with Crippen molar-refractivity contribution in [2.24, 2.45) is 5.92 Å². The smallest absolute Gasteiger partial charge is 0.345 e. The van der Waals surface area contributed by atoms with Gasteiger partial charge in [-0.15, -0.1) is 0 Å². The zero-order chi connectivity index (χ0) is 15.9. The molecule has 9 heteroatoms. The molecule has 3 fully saturated rings. The molecule has 3 saturated heterocycles. The average Bonchev–Trinajstić information content (AvgIpc) is 2.47. The number of alkyl halides is 3. The van der Waals surface area contributed by atoms with Crippen LogP contribution in [0.1, 0.15) is 29.0 Å². The van der Waals surface area contributed by atoms with Crippen LogP contribution in [0.3, 0.4) is 0 Å². The lowest BCUT2D eigenvalue weighted by Crippen LogP contribution is -2.57. The molecule has 4 heterocycles.